The van der Waals surface area contributed by atoms with Gasteiger partial charge in [-0.15, -0.1) is 0 Å². The summed E-state index contributed by atoms with van der Waals surface area (Å²) in [6, 6.07) is 5.39. The van der Waals surface area contributed by atoms with Crippen LogP contribution in [0.2, 0.25) is 10.0 Å². The van der Waals surface area contributed by atoms with E-state index in [0.29, 0.717) is 22.4 Å². The van der Waals surface area contributed by atoms with Gasteiger partial charge in [-0.1, -0.05) is 43.1 Å². The quantitative estimate of drug-likeness (QED) is 0.844. The van der Waals surface area contributed by atoms with Crippen LogP contribution in [0.25, 0.3) is 0 Å². The largest absolute Gasteiger partial charge is 0.392 e. The molecular weight excluding hydrogens is 275 g/mol. The van der Waals surface area contributed by atoms with Crippen molar-refractivity contribution in [2.24, 2.45) is 5.92 Å². The number of aliphatic hydroxyl groups excluding tert-OH is 1. The molecule has 0 aliphatic heterocycles. The van der Waals surface area contributed by atoms with Crippen molar-refractivity contribution in [3.8, 4) is 0 Å². The highest BCUT2D eigenvalue weighted by Crippen LogP contribution is 2.23. The lowest BCUT2D eigenvalue weighted by Gasteiger charge is -2.12. The van der Waals surface area contributed by atoms with Gasteiger partial charge in [-0.2, -0.15) is 11.8 Å². The van der Waals surface area contributed by atoms with Crippen molar-refractivity contribution in [2.75, 3.05) is 11.5 Å². The van der Waals surface area contributed by atoms with Crippen LogP contribution in [-0.2, 0) is 6.42 Å². The number of aliphatic hydroxyl groups is 1. The maximum Gasteiger partial charge on any atom is 0.0671 e. The molecule has 1 nitrogen and oxygen atoms in total. The molecule has 0 heterocycles. The van der Waals surface area contributed by atoms with Crippen molar-refractivity contribution in [3.63, 3.8) is 0 Å². The van der Waals surface area contributed by atoms with Crippen molar-refractivity contribution in [1.82, 2.24) is 0 Å². The van der Waals surface area contributed by atoms with Crippen LogP contribution in [0.5, 0.6) is 0 Å². The molecule has 1 aromatic carbocycles. The van der Waals surface area contributed by atoms with Crippen LogP contribution < -0.4 is 0 Å². The lowest BCUT2D eigenvalue weighted by Crippen LogP contribution is -2.14. The Hall–Kier alpha value is 0.110. The molecule has 0 aromatic heterocycles. The van der Waals surface area contributed by atoms with Crippen LogP contribution in [0.3, 0.4) is 0 Å². The van der Waals surface area contributed by atoms with E-state index in [9.17, 15) is 5.11 Å². The summed E-state index contributed by atoms with van der Waals surface area (Å²) in [5.74, 6) is 2.48. The van der Waals surface area contributed by atoms with E-state index in [1.54, 1.807) is 23.9 Å². The number of thioether (sulfide) groups is 1. The van der Waals surface area contributed by atoms with Gasteiger partial charge in [0, 0.05) is 22.2 Å². The third-order valence-corrected chi connectivity index (χ3v) is 4.34. The summed E-state index contributed by atoms with van der Waals surface area (Å²) in [5.41, 5.74) is 0.953. The normalized spacial score (nSPS) is 13.1. The first-order valence-electron chi connectivity index (χ1n) is 5.68. The topological polar surface area (TPSA) is 20.2 Å². The Morgan fingerprint density at radius 1 is 1.24 bits per heavy atom. The average molecular weight is 293 g/mol. The maximum atomic E-state index is 9.90. The molecule has 0 saturated heterocycles. The molecule has 0 amide bonds. The summed E-state index contributed by atoms with van der Waals surface area (Å²) in [7, 11) is 0. The summed E-state index contributed by atoms with van der Waals surface area (Å²) in [5, 5.41) is 11.2. The van der Waals surface area contributed by atoms with Crippen molar-refractivity contribution in [1.29, 1.82) is 0 Å². The molecule has 1 aromatic rings. The van der Waals surface area contributed by atoms with E-state index in [1.807, 2.05) is 6.07 Å². The maximum absolute atomic E-state index is 9.90. The minimum Gasteiger partial charge on any atom is -0.392 e. The molecule has 0 bridgehead atoms. The summed E-state index contributed by atoms with van der Waals surface area (Å²) < 4.78 is 0. The standard InChI is InChI=1S/C13H18Cl2OS/c1-9(2)7-17-8-12(16)5-10-3-4-11(14)6-13(10)15/h3-4,6,9,12,16H,5,7-8H2,1-2H3. The van der Waals surface area contributed by atoms with Gasteiger partial charge in [0.15, 0.2) is 0 Å². The Morgan fingerprint density at radius 3 is 2.53 bits per heavy atom. The van der Waals surface area contributed by atoms with Gasteiger partial charge in [-0.25, -0.2) is 0 Å². The first-order chi connectivity index (χ1) is 7.99. The smallest absolute Gasteiger partial charge is 0.0671 e. The predicted molar refractivity (Wildman–Crippen MR) is 78.3 cm³/mol. The Labute approximate surface area is 118 Å². The molecule has 4 heteroatoms. The second-order valence-corrected chi connectivity index (χ2v) is 6.44. The van der Waals surface area contributed by atoms with Crippen LogP contribution in [0.4, 0.5) is 0 Å². The summed E-state index contributed by atoms with van der Waals surface area (Å²) in [4.78, 5) is 0. The van der Waals surface area contributed by atoms with Crippen molar-refractivity contribution in [2.45, 2.75) is 26.4 Å². The van der Waals surface area contributed by atoms with Gasteiger partial charge in [0.25, 0.3) is 0 Å². The highest BCUT2D eigenvalue weighted by molar-refractivity contribution is 7.99. The Balaban J connectivity index is 2.42. The van der Waals surface area contributed by atoms with Crippen LogP contribution in [0.15, 0.2) is 18.2 Å². The number of hydrogen-bond acceptors (Lipinski definition) is 2. The van der Waals surface area contributed by atoms with Gasteiger partial charge in [0.05, 0.1) is 6.10 Å². The molecule has 96 valence electrons. The Kier molecular flexibility index (Phi) is 6.71. The number of halogens is 2. The SMILES string of the molecule is CC(C)CSCC(O)Cc1ccc(Cl)cc1Cl. The zero-order valence-corrected chi connectivity index (χ0v) is 12.4. The molecule has 0 spiro atoms. The predicted octanol–water partition coefficient (Wildman–Crippen LogP) is 4.29. The molecule has 17 heavy (non-hydrogen) atoms. The lowest BCUT2D eigenvalue weighted by atomic mass is 10.1. The molecule has 1 rings (SSSR count). The minimum atomic E-state index is -0.350. The lowest BCUT2D eigenvalue weighted by molar-refractivity contribution is 0.200. The molecule has 1 unspecified atom stereocenters. The van der Waals surface area contributed by atoms with E-state index < -0.39 is 0 Å². The second kappa shape index (κ2) is 7.52. The monoisotopic (exact) mass is 292 g/mol. The minimum absolute atomic E-state index is 0.350. The molecule has 0 aliphatic carbocycles. The highest BCUT2D eigenvalue weighted by Gasteiger charge is 2.09. The van der Waals surface area contributed by atoms with Crippen LogP contribution in [0, 0.1) is 5.92 Å². The van der Waals surface area contributed by atoms with Crippen LogP contribution in [0.1, 0.15) is 19.4 Å². The van der Waals surface area contributed by atoms with Gasteiger partial charge in [-0.05, 0) is 29.4 Å². The third-order valence-electron chi connectivity index (χ3n) is 2.23. The molecule has 1 N–H and O–H groups in total. The van der Waals surface area contributed by atoms with E-state index >= 15 is 0 Å². The molecule has 0 saturated carbocycles. The van der Waals surface area contributed by atoms with Crippen LogP contribution >= 0.6 is 35.0 Å². The number of rotatable bonds is 6. The second-order valence-electron chi connectivity index (χ2n) is 4.52. The van der Waals surface area contributed by atoms with Gasteiger partial charge < -0.3 is 5.11 Å². The fourth-order valence-corrected chi connectivity index (χ4v) is 2.92. The van der Waals surface area contributed by atoms with E-state index in [1.165, 1.54) is 0 Å². The highest BCUT2D eigenvalue weighted by atomic mass is 35.5. The third kappa shape index (κ3) is 6.01. The zero-order chi connectivity index (χ0) is 12.8. The van der Waals surface area contributed by atoms with Crippen molar-refractivity contribution >= 4 is 35.0 Å². The van der Waals surface area contributed by atoms with E-state index in [4.69, 9.17) is 23.2 Å². The summed E-state index contributed by atoms with van der Waals surface area (Å²) in [6.45, 7) is 4.35. The average Bonchev–Trinajstić information content (AvgIpc) is 2.21. The molecule has 0 fully saturated rings. The molecule has 0 aliphatic rings. The van der Waals surface area contributed by atoms with E-state index in [-0.39, 0.29) is 6.10 Å². The Morgan fingerprint density at radius 2 is 1.94 bits per heavy atom. The van der Waals surface area contributed by atoms with Gasteiger partial charge in [0.1, 0.15) is 0 Å². The Bertz CT molecular complexity index is 355. The fraction of sp³-hybridized carbons (Fsp3) is 0.538. The fourth-order valence-electron chi connectivity index (χ4n) is 1.44. The van der Waals surface area contributed by atoms with Crippen molar-refractivity contribution < 1.29 is 5.11 Å². The van der Waals surface area contributed by atoms with Gasteiger partial charge in [0.2, 0.25) is 0 Å². The van der Waals surface area contributed by atoms with Gasteiger partial charge in [-0.3, -0.25) is 0 Å². The number of hydrogen-bond donors (Lipinski definition) is 1. The van der Waals surface area contributed by atoms with Gasteiger partial charge >= 0.3 is 0 Å². The summed E-state index contributed by atoms with van der Waals surface area (Å²) >= 11 is 13.7. The first-order valence-corrected chi connectivity index (χ1v) is 7.60. The molecule has 0 radical (unpaired) electrons. The zero-order valence-electron chi connectivity index (χ0n) is 10.1. The van der Waals surface area contributed by atoms with Crippen molar-refractivity contribution in [3.05, 3.63) is 33.8 Å². The number of benzene rings is 1. The molecular formula is C13H18Cl2OS. The summed E-state index contributed by atoms with van der Waals surface area (Å²) in [6.07, 6.45) is 0.235. The van der Waals surface area contributed by atoms with Crippen LogP contribution in [-0.4, -0.2) is 22.7 Å². The molecule has 1 atom stereocenters. The first kappa shape index (κ1) is 15.2. The van der Waals surface area contributed by atoms with E-state index in [0.717, 1.165) is 17.1 Å². The van der Waals surface area contributed by atoms with E-state index in [2.05, 4.69) is 13.8 Å².